The van der Waals surface area contributed by atoms with Gasteiger partial charge in [0, 0.05) is 30.1 Å². The number of amides is 1. The van der Waals surface area contributed by atoms with Gasteiger partial charge in [0.1, 0.15) is 5.75 Å². The number of aliphatic hydroxyl groups is 1. The molecule has 0 spiro atoms. The lowest BCUT2D eigenvalue weighted by atomic mass is 9.55. The Morgan fingerprint density at radius 2 is 1.94 bits per heavy atom. The van der Waals surface area contributed by atoms with E-state index in [2.05, 4.69) is 22.3 Å². The van der Waals surface area contributed by atoms with Crippen LogP contribution in [-0.2, 0) is 5.41 Å². The van der Waals surface area contributed by atoms with Crippen LogP contribution >= 0.6 is 0 Å². The first-order valence-electron chi connectivity index (χ1n) is 12.0. The van der Waals surface area contributed by atoms with E-state index in [0.29, 0.717) is 18.5 Å². The molecule has 1 saturated heterocycles. The normalized spacial score (nSPS) is 30.4. The number of nitrogens with zero attached hydrogens (tertiary/aromatic N) is 1. The summed E-state index contributed by atoms with van der Waals surface area (Å²) in [5.74, 6) is 1.59. The summed E-state index contributed by atoms with van der Waals surface area (Å²) in [6, 6.07) is 17.6. The molecule has 1 aliphatic heterocycles. The summed E-state index contributed by atoms with van der Waals surface area (Å²) in [4.78, 5) is 15.3. The highest BCUT2D eigenvalue weighted by molar-refractivity contribution is 5.94. The number of β-amino-alcohol motifs (C(OH)–C–C–N with tert-alkyl or cyclic N) is 1. The van der Waals surface area contributed by atoms with E-state index in [4.69, 9.17) is 4.74 Å². The first-order valence-corrected chi connectivity index (χ1v) is 12.0. The Labute approximate surface area is 190 Å². The van der Waals surface area contributed by atoms with Gasteiger partial charge in [0.05, 0.1) is 12.7 Å². The molecular weight excluding hydrogens is 400 g/mol. The number of ether oxygens (including phenoxy) is 1. The highest BCUT2D eigenvalue weighted by atomic mass is 16.5. The summed E-state index contributed by atoms with van der Waals surface area (Å²) in [6.07, 6.45) is 5.75. The van der Waals surface area contributed by atoms with Crippen LogP contribution in [0.4, 0.5) is 0 Å². The third-order valence-corrected chi connectivity index (χ3v) is 7.94. The summed E-state index contributed by atoms with van der Waals surface area (Å²) in [7, 11) is 1.69. The zero-order valence-electron chi connectivity index (χ0n) is 18.9. The van der Waals surface area contributed by atoms with Crippen molar-refractivity contribution in [2.45, 2.75) is 55.6 Å². The van der Waals surface area contributed by atoms with Gasteiger partial charge < -0.3 is 20.1 Å². The summed E-state index contributed by atoms with van der Waals surface area (Å²) in [6.45, 7) is 2.79. The molecule has 2 unspecified atom stereocenters. The van der Waals surface area contributed by atoms with Crippen molar-refractivity contribution in [2.75, 3.05) is 26.7 Å². The van der Waals surface area contributed by atoms with Crippen LogP contribution in [0.3, 0.4) is 0 Å². The molecule has 170 valence electrons. The van der Waals surface area contributed by atoms with Crippen LogP contribution < -0.4 is 10.1 Å². The van der Waals surface area contributed by atoms with Crippen molar-refractivity contribution in [1.82, 2.24) is 10.2 Å². The molecule has 5 heteroatoms. The van der Waals surface area contributed by atoms with E-state index in [1.807, 2.05) is 42.5 Å². The maximum Gasteiger partial charge on any atom is 0.251 e. The van der Waals surface area contributed by atoms with Crippen molar-refractivity contribution >= 4 is 5.91 Å². The molecule has 5 rings (SSSR count). The number of hydrogen-bond donors (Lipinski definition) is 2. The Hall–Kier alpha value is -2.37. The monoisotopic (exact) mass is 434 g/mol. The fraction of sp³-hybridized carbons (Fsp3) is 0.519. The maximum atomic E-state index is 12.9. The van der Waals surface area contributed by atoms with Crippen LogP contribution in [-0.4, -0.2) is 54.3 Å². The van der Waals surface area contributed by atoms with E-state index in [1.165, 1.54) is 12.8 Å². The second-order valence-electron chi connectivity index (χ2n) is 10.1. The highest BCUT2D eigenvalue weighted by Gasteiger charge is 2.57. The summed E-state index contributed by atoms with van der Waals surface area (Å²) < 4.78 is 5.52. The smallest absolute Gasteiger partial charge is 0.251 e. The Bertz CT molecular complexity index is 960. The third-order valence-electron chi connectivity index (χ3n) is 7.94. The standard InChI is InChI=1S/C27H34N2O3/c1-32-24-9-5-8-22(16-24)26-14-15-29(18-20-10-11-20)19-27(26,31)13-12-23(17-26)28-25(30)21-6-3-2-4-7-21/h2-9,16,20,23,31H,10-15,17-19H2,1H3,(H,28,30)/t23-,26?,27?/m0/s1. The predicted molar refractivity (Wildman–Crippen MR) is 125 cm³/mol. The summed E-state index contributed by atoms with van der Waals surface area (Å²) in [5.41, 5.74) is 0.613. The third kappa shape index (κ3) is 4.04. The van der Waals surface area contributed by atoms with Crippen LogP contribution in [0.15, 0.2) is 54.6 Å². The van der Waals surface area contributed by atoms with Gasteiger partial charge in [-0.25, -0.2) is 0 Å². The van der Waals surface area contributed by atoms with Crippen molar-refractivity contribution in [3.63, 3.8) is 0 Å². The van der Waals surface area contributed by atoms with Crippen LogP contribution in [0.1, 0.15) is 54.4 Å². The molecular formula is C27H34N2O3. The van der Waals surface area contributed by atoms with Crippen LogP contribution in [0.5, 0.6) is 5.75 Å². The molecule has 1 heterocycles. The predicted octanol–water partition coefficient (Wildman–Crippen LogP) is 3.76. The molecule has 2 saturated carbocycles. The fourth-order valence-corrected chi connectivity index (χ4v) is 5.98. The number of likely N-dealkylation sites (tertiary alicyclic amines) is 1. The quantitative estimate of drug-likeness (QED) is 0.727. The second-order valence-corrected chi connectivity index (χ2v) is 10.1. The highest BCUT2D eigenvalue weighted by Crippen LogP contribution is 2.52. The van der Waals surface area contributed by atoms with Gasteiger partial charge in [0.15, 0.2) is 0 Å². The minimum absolute atomic E-state index is 0.0316. The summed E-state index contributed by atoms with van der Waals surface area (Å²) in [5, 5.41) is 15.4. The van der Waals surface area contributed by atoms with E-state index in [1.54, 1.807) is 7.11 Å². The molecule has 2 aromatic rings. The Morgan fingerprint density at radius 3 is 2.69 bits per heavy atom. The Kier molecular flexibility index (Phi) is 5.72. The Morgan fingerprint density at radius 1 is 1.12 bits per heavy atom. The van der Waals surface area contributed by atoms with Gasteiger partial charge in [0.25, 0.3) is 5.91 Å². The largest absolute Gasteiger partial charge is 0.497 e. The van der Waals surface area contributed by atoms with Crippen LogP contribution in [0, 0.1) is 5.92 Å². The SMILES string of the molecule is COc1cccc(C23CCN(CC4CC4)CC2(O)CC[C@H](NC(=O)c2ccccc2)C3)c1. The molecule has 0 aromatic heterocycles. The molecule has 3 atom stereocenters. The first kappa shape index (κ1) is 21.5. The number of benzene rings is 2. The molecule has 32 heavy (non-hydrogen) atoms. The Balaban J connectivity index is 1.43. The van der Waals surface area contributed by atoms with E-state index in [-0.39, 0.29) is 11.9 Å². The van der Waals surface area contributed by atoms with Gasteiger partial charge in [0.2, 0.25) is 0 Å². The lowest BCUT2D eigenvalue weighted by Gasteiger charge is -2.58. The minimum atomic E-state index is -0.805. The molecule has 5 nitrogen and oxygen atoms in total. The van der Waals surface area contributed by atoms with Gasteiger partial charge in [-0.15, -0.1) is 0 Å². The van der Waals surface area contributed by atoms with E-state index in [0.717, 1.165) is 49.6 Å². The second kappa shape index (κ2) is 8.53. The molecule has 2 aliphatic carbocycles. The fourth-order valence-electron chi connectivity index (χ4n) is 5.98. The number of methoxy groups -OCH3 is 1. The van der Waals surface area contributed by atoms with E-state index in [9.17, 15) is 9.90 Å². The van der Waals surface area contributed by atoms with Crippen molar-refractivity contribution in [1.29, 1.82) is 0 Å². The average molecular weight is 435 g/mol. The van der Waals surface area contributed by atoms with E-state index < -0.39 is 11.0 Å². The number of carbonyl (C=O) groups is 1. The van der Waals surface area contributed by atoms with Gasteiger partial charge in [-0.05, 0) is 80.8 Å². The van der Waals surface area contributed by atoms with Gasteiger partial charge >= 0.3 is 0 Å². The number of fused-ring (bicyclic) bond motifs is 1. The van der Waals surface area contributed by atoms with Crippen molar-refractivity contribution in [3.8, 4) is 5.75 Å². The van der Waals surface area contributed by atoms with Crippen molar-refractivity contribution in [2.24, 2.45) is 5.92 Å². The molecule has 3 fully saturated rings. The molecule has 0 bridgehead atoms. The first-order chi connectivity index (χ1) is 15.5. The maximum absolute atomic E-state index is 12.9. The van der Waals surface area contributed by atoms with E-state index >= 15 is 0 Å². The number of hydrogen-bond acceptors (Lipinski definition) is 4. The van der Waals surface area contributed by atoms with Gasteiger partial charge in [-0.2, -0.15) is 0 Å². The van der Waals surface area contributed by atoms with Gasteiger partial charge in [-0.3, -0.25) is 4.79 Å². The molecule has 0 radical (unpaired) electrons. The van der Waals surface area contributed by atoms with Gasteiger partial charge in [-0.1, -0.05) is 30.3 Å². The topological polar surface area (TPSA) is 61.8 Å². The van der Waals surface area contributed by atoms with Crippen LogP contribution in [0.25, 0.3) is 0 Å². The minimum Gasteiger partial charge on any atom is -0.497 e. The zero-order valence-corrected chi connectivity index (χ0v) is 18.9. The molecule has 2 aromatic carbocycles. The zero-order chi connectivity index (χ0) is 22.2. The van der Waals surface area contributed by atoms with Crippen LogP contribution in [0.2, 0.25) is 0 Å². The molecule has 1 amide bonds. The van der Waals surface area contributed by atoms with Crippen molar-refractivity contribution in [3.05, 3.63) is 65.7 Å². The lowest BCUT2D eigenvalue weighted by molar-refractivity contribution is -0.126. The molecule has 3 aliphatic rings. The lowest BCUT2D eigenvalue weighted by Crippen LogP contribution is -2.67. The number of carbonyl (C=O) groups excluding carboxylic acids is 1. The average Bonchev–Trinajstić information content (AvgIpc) is 3.64. The number of nitrogens with one attached hydrogen (secondary N) is 1. The number of rotatable bonds is 6. The number of piperidine rings is 1. The molecule has 2 N–H and O–H groups in total. The van der Waals surface area contributed by atoms with Crippen molar-refractivity contribution < 1.29 is 14.6 Å². The summed E-state index contributed by atoms with van der Waals surface area (Å²) >= 11 is 0.